The number of phenols is 1. The van der Waals surface area contributed by atoms with E-state index in [9.17, 15) is 15.0 Å². The van der Waals surface area contributed by atoms with Gasteiger partial charge >= 0.3 is 5.97 Å². The topological polar surface area (TPSA) is 85.2 Å². The van der Waals surface area contributed by atoms with Crippen molar-refractivity contribution in [3.05, 3.63) is 53.6 Å². The van der Waals surface area contributed by atoms with E-state index in [0.29, 0.717) is 30.3 Å². The molecule has 0 radical (unpaired) electrons. The normalized spacial score (nSPS) is 12.0. The fourth-order valence-electron chi connectivity index (χ4n) is 2.49. The van der Waals surface area contributed by atoms with Gasteiger partial charge in [0, 0.05) is 30.2 Å². The van der Waals surface area contributed by atoms with Crippen molar-refractivity contribution in [2.75, 3.05) is 13.2 Å². The Balaban J connectivity index is 2.20. The fourth-order valence-corrected chi connectivity index (χ4v) is 2.49. The van der Waals surface area contributed by atoms with Gasteiger partial charge in [0.25, 0.3) is 0 Å². The lowest BCUT2D eigenvalue weighted by Crippen LogP contribution is -2.02. The third-order valence-electron chi connectivity index (χ3n) is 3.64. The summed E-state index contributed by atoms with van der Waals surface area (Å²) >= 11 is 0. The summed E-state index contributed by atoms with van der Waals surface area (Å²) in [7, 11) is 0. The Kier molecular flexibility index (Phi) is 7.25. The Morgan fingerprint density at radius 3 is 2.41 bits per heavy atom. The first-order chi connectivity index (χ1) is 12.9. The first-order valence-electron chi connectivity index (χ1n) is 8.71. The number of phenolic OH excluding ortho intramolecular Hbond substituents is 1. The largest absolute Gasteiger partial charge is 0.507 e. The highest BCUT2D eigenvalue weighted by molar-refractivity contribution is 5.69. The van der Waals surface area contributed by atoms with Gasteiger partial charge in [-0.25, -0.2) is 0 Å². The van der Waals surface area contributed by atoms with Crippen LogP contribution in [-0.4, -0.2) is 29.4 Å². The molecule has 0 amide bonds. The molecule has 1 atom stereocenters. The van der Waals surface area contributed by atoms with E-state index in [2.05, 4.69) is 0 Å². The first-order valence-corrected chi connectivity index (χ1v) is 8.71. The number of aliphatic hydroxyl groups excluding tert-OH is 1. The van der Waals surface area contributed by atoms with Gasteiger partial charge in [0.15, 0.2) is 0 Å². The van der Waals surface area contributed by atoms with Gasteiger partial charge in [-0.15, -0.1) is 0 Å². The molecule has 144 valence electrons. The predicted octanol–water partition coefficient (Wildman–Crippen LogP) is 3.86. The van der Waals surface area contributed by atoms with Crippen molar-refractivity contribution in [1.82, 2.24) is 0 Å². The maximum Gasteiger partial charge on any atom is 0.308 e. The van der Waals surface area contributed by atoms with Crippen LogP contribution in [0.5, 0.6) is 23.0 Å². The van der Waals surface area contributed by atoms with Crippen LogP contribution in [0.25, 0.3) is 6.08 Å². The molecular formula is C21H24O6. The van der Waals surface area contributed by atoms with Crippen LogP contribution in [0.15, 0.2) is 42.5 Å². The van der Waals surface area contributed by atoms with Gasteiger partial charge in [-0.05, 0) is 38.1 Å². The smallest absolute Gasteiger partial charge is 0.308 e. The van der Waals surface area contributed by atoms with Crippen LogP contribution < -0.4 is 14.2 Å². The maximum atomic E-state index is 11.0. The predicted molar refractivity (Wildman–Crippen MR) is 102 cm³/mol. The van der Waals surface area contributed by atoms with Crippen molar-refractivity contribution in [2.45, 2.75) is 26.9 Å². The average molecular weight is 372 g/mol. The zero-order valence-electron chi connectivity index (χ0n) is 15.6. The molecule has 1 unspecified atom stereocenters. The zero-order chi connectivity index (χ0) is 19.8. The Morgan fingerprint density at radius 1 is 1.07 bits per heavy atom. The molecule has 0 saturated carbocycles. The molecular weight excluding hydrogens is 348 g/mol. The number of ether oxygens (including phenoxy) is 3. The summed E-state index contributed by atoms with van der Waals surface area (Å²) < 4.78 is 16.0. The summed E-state index contributed by atoms with van der Waals surface area (Å²) in [4.78, 5) is 11.0. The number of benzene rings is 2. The number of rotatable bonds is 8. The highest BCUT2D eigenvalue weighted by atomic mass is 16.5. The molecule has 6 nitrogen and oxygen atoms in total. The van der Waals surface area contributed by atoms with E-state index in [1.54, 1.807) is 18.2 Å². The lowest BCUT2D eigenvalue weighted by Gasteiger charge is -2.12. The Hall–Kier alpha value is -2.99. The summed E-state index contributed by atoms with van der Waals surface area (Å²) in [5, 5.41) is 20.5. The Bertz CT molecular complexity index is 812. The standard InChI is InChI=1S/C21H24O6/c1-4-25-16-8-6-15(21(13-16)26-5-2)7-11-19(23)18-10-9-17(12-20(18)24)27-14(3)22/h6-13,19,23-24H,4-5H2,1-3H3. The van der Waals surface area contributed by atoms with Gasteiger partial charge in [-0.3, -0.25) is 4.79 Å². The van der Waals surface area contributed by atoms with Crippen molar-refractivity contribution in [1.29, 1.82) is 0 Å². The van der Waals surface area contributed by atoms with E-state index < -0.39 is 12.1 Å². The van der Waals surface area contributed by atoms with Crippen LogP contribution in [0.1, 0.15) is 38.0 Å². The molecule has 27 heavy (non-hydrogen) atoms. The summed E-state index contributed by atoms with van der Waals surface area (Å²) in [6.45, 7) is 6.12. The Labute approximate surface area is 158 Å². The zero-order valence-corrected chi connectivity index (χ0v) is 15.6. The van der Waals surface area contributed by atoms with Gasteiger partial charge in [-0.1, -0.05) is 12.2 Å². The molecule has 0 fully saturated rings. The van der Waals surface area contributed by atoms with E-state index >= 15 is 0 Å². The van der Waals surface area contributed by atoms with E-state index in [0.717, 1.165) is 5.56 Å². The van der Waals surface area contributed by atoms with Crippen molar-refractivity contribution in [2.24, 2.45) is 0 Å². The van der Waals surface area contributed by atoms with Gasteiger partial charge < -0.3 is 24.4 Å². The molecule has 2 rings (SSSR count). The molecule has 0 saturated heterocycles. The third-order valence-corrected chi connectivity index (χ3v) is 3.64. The van der Waals surface area contributed by atoms with Crippen molar-refractivity contribution >= 4 is 12.0 Å². The number of carbonyl (C=O) groups excluding carboxylic acids is 1. The molecule has 2 aromatic carbocycles. The molecule has 0 aliphatic heterocycles. The monoisotopic (exact) mass is 372 g/mol. The molecule has 0 bridgehead atoms. The minimum absolute atomic E-state index is 0.164. The van der Waals surface area contributed by atoms with E-state index in [4.69, 9.17) is 14.2 Å². The van der Waals surface area contributed by atoms with Crippen molar-refractivity contribution < 1.29 is 29.2 Å². The second-order valence-electron chi connectivity index (χ2n) is 5.68. The number of aliphatic hydroxyl groups is 1. The van der Waals surface area contributed by atoms with E-state index in [1.807, 2.05) is 26.0 Å². The van der Waals surface area contributed by atoms with Gasteiger partial charge in [-0.2, -0.15) is 0 Å². The number of carbonyl (C=O) groups is 1. The second-order valence-corrected chi connectivity index (χ2v) is 5.68. The number of aromatic hydroxyl groups is 1. The number of esters is 1. The van der Waals surface area contributed by atoms with Crippen LogP contribution in [-0.2, 0) is 4.79 Å². The molecule has 6 heteroatoms. The van der Waals surface area contributed by atoms with Crippen LogP contribution in [0.3, 0.4) is 0 Å². The van der Waals surface area contributed by atoms with Crippen LogP contribution in [0.4, 0.5) is 0 Å². The number of hydrogen-bond donors (Lipinski definition) is 2. The van der Waals surface area contributed by atoms with Crippen LogP contribution >= 0.6 is 0 Å². The molecule has 0 spiro atoms. The quantitative estimate of drug-likeness (QED) is 0.541. The number of hydrogen-bond acceptors (Lipinski definition) is 6. The maximum absolute atomic E-state index is 11.0. The third kappa shape index (κ3) is 5.76. The highest BCUT2D eigenvalue weighted by Crippen LogP contribution is 2.31. The van der Waals surface area contributed by atoms with E-state index in [-0.39, 0.29) is 11.5 Å². The molecule has 2 N–H and O–H groups in total. The van der Waals surface area contributed by atoms with Gasteiger partial charge in [0.05, 0.1) is 13.2 Å². The summed E-state index contributed by atoms with van der Waals surface area (Å²) in [6.07, 6.45) is 2.21. The minimum atomic E-state index is -1.04. The van der Waals surface area contributed by atoms with Crippen LogP contribution in [0, 0.1) is 0 Å². The van der Waals surface area contributed by atoms with Gasteiger partial charge in [0.2, 0.25) is 0 Å². The summed E-state index contributed by atoms with van der Waals surface area (Å²) in [5.41, 5.74) is 1.07. The van der Waals surface area contributed by atoms with Crippen LogP contribution in [0.2, 0.25) is 0 Å². The molecule has 0 heterocycles. The highest BCUT2D eigenvalue weighted by Gasteiger charge is 2.12. The second kappa shape index (κ2) is 9.64. The van der Waals surface area contributed by atoms with Crippen molar-refractivity contribution in [3.63, 3.8) is 0 Å². The Morgan fingerprint density at radius 2 is 1.78 bits per heavy atom. The first kappa shape index (κ1) is 20.3. The molecule has 2 aromatic rings. The molecule has 0 aliphatic carbocycles. The molecule has 0 aliphatic rings. The average Bonchev–Trinajstić information content (AvgIpc) is 2.61. The van der Waals surface area contributed by atoms with Gasteiger partial charge in [0.1, 0.15) is 29.1 Å². The van der Waals surface area contributed by atoms with E-state index in [1.165, 1.54) is 25.1 Å². The SMILES string of the molecule is CCOc1ccc(C=CC(O)c2ccc(OC(C)=O)cc2O)c(OCC)c1. The van der Waals surface area contributed by atoms with Crippen molar-refractivity contribution in [3.8, 4) is 23.0 Å². The summed E-state index contributed by atoms with van der Waals surface area (Å²) in [6, 6.07) is 9.76. The lowest BCUT2D eigenvalue weighted by molar-refractivity contribution is -0.131. The lowest BCUT2D eigenvalue weighted by atomic mass is 10.1. The fraction of sp³-hybridized carbons (Fsp3) is 0.286. The summed E-state index contributed by atoms with van der Waals surface area (Å²) in [5.74, 6) is 0.910. The minimum Gasteiger partial charge on any atom is -0.507 e. The molecule has 0 aromatic heterocycles.